The van der Waals surface area contributed by atoms with E-state index in [1.54, 1.807) is 31.7 Å². The van der Waals surface area contributed by atoms with Crippen molar-refractivity contribution in [1.82, 2.24) is 20.4 Å². The largest absolute Gasteiger partial charge is 0.479 e. The summed E-state index contributed by atoms with van der Waals surface area (Å²) in [6.45, 7) is 5.93. The molecular weight excluding hydrogens is 583 g/mol. The summed E-state index contributed by atoms with van der Waals surface area (Å²) in [6.07, 6.45) is 11.9. The zero-order valence-corrected chi connectivity index (χ0v) is 26.3. The monoisotopic (exact) mass is 628 g/mol. The maximum absolute atomic E-state index is 14.4. The van der Waals surface area contributed by atoms with E-state index in [1.165, 1.54) is 11.0 Å². The van der Waals surface area contributed by atoms with Crippen molar-refractivity contribution in [3.8, 4) is 0 Å². The molecular formula is C33H45FN4O7. The Morgan fingerprint density at radius 3 is 2.62 bits per heavy atom. The normalized spacial score (nSPS) is 34.3. The lowest BCUT2D eigenvalue weighted by Gasteiger charge is -2.30. The lowest BCUT2D eigenvalue weighted by molar-refractivity contribution is -0.145. The van der Waals surface area contributed by atoms with E-state index in [2.05, 4.69) is 10.6 Å². The number of carboxylic acids is 1. The minimum absolute atomic E-state index is 0.0572. The summed E-state index contributed by atoms with van der Waals surface area (Å²) in [5.41, 5.74) is -2.23. The average molecular weight is 629 g/mol. The second-order valence-electron chi connectivity index (χ2n) is 14.2. The number of carbonyl (C=O) groups excluding carboxylic acids is 4. The summed E-state index contributed by atoms with van der Waals surface area (Å²) in [4.78, 5) is 69.4. The first-order chi connectivity index (χ1) is 21.3. The number of carbonyl (C=O) groups is 5. The number of nitrogens with one attached hydrogen (secondary N) is 2. The van der Waals surface area contributed by atoms with Crippen molar-refractivity contribution in [2.24, 2.45) is 23.7 Å². The van der Waals surface area contributed by atoms with Gasteiger partial charge in [0.05, 0.1) is 0 Å². The van der Waals surface area contributed by atoms with E-state index in [0.717, 1.165) is 19.3 Å². The zero-order valence-electron chi connectivity index (χ0n) is 26.3. The third kappa shape index (κ3) is 7.41. The number of likely N-dealkylation sites (tertiary alicyclic amines) is 1. The van der Waals surface area contributed by atoms with Crippen LogP contribution in [0.3, 0.4) is 0 Å². The predicted molar refractivity (Wildman–Crippen MR) is 162 cm³/mol. The van der Waals surface area contributed by atoms with Gasteiger partial charge < -0.3 is 30.3 Å². The number of hydrogen-bond acceptors (Lipinski definition) is 6. The third-order valence-electron chi connectivity index (χ3n) is 9.59. The molecule has 11 nitrogen and oxygen atoms in total. The van der Waals surface area contributed by atoms with Crippen LogP contribution in [0.4, 0.5) is 9.18 Å². The Bertz CT molecular complexity index is 1310. The molecule has 7 atom stereocenters. The standard InChI is InChI=1S/C33H45FN4O7/c1-32(2,3)45-31(44)35-25-13-8-6-4-5-7-11-22-16-33(22,30(42)43)36-28(40)26-14-20(17-38(26)29(25)41)15-27(39)37-18-21-10-9-12-24(34)23(21)19-37/h7,9-12,20-23,25-26H,4-6,8,13-19H2,1-3H3,(H,35,44)(H,36,40)(H,42,43)/b11-7-/t20-,21?,22+,23?,25-,26-,33+/m0/s1. The van der Waals surface area contributed by atoms with E-state index in [1.807, 2.05) is 18.2 Å². The van der Waals surface area contributed by atoms with Crippen LogP contribution in [0.15, 0.2) is 36.2 Å². The van der Waals surface area contributed by atoms with Crippen LogP contribution in [0, 0.1) is 23.7 Å². The van der Waals surface area contributed by atoms with Gasteiger partial charge in [-0.3, -0.25) is 14.4 Å². The number of hydrogen-bond donors (Lipinski definition) is 3. The van der Waals surface area contributed by atoms with Crippen LogP contribution >= 0.6 is 0 Å². The molecule has 3 aliphatic heterocycles. The Morgan fingerprint density at radius 1 is 1.13 bits per heavy atom. The Labute approximate surface area is 263 Å². The maximum Gasteiger partial charge on any atom is 0.408 e. The van der Waals surface area contributed by atoms with Crippen LogP contribution in [0.2, 0.25) is 0 Å². The van der Waals surface area contributed by atoms with Crippen LogP contribution in [0.5, 0.6) is 0 Å². The fourth-order valence-electron chi connectivity index (χ4n) is 7.09. The van der Waals surface area contributed by atoms with Crippen molar-refractivity contribution in [3.05, 3.63) is 36.2 Å². The number of nitrogens with zero attached hydrogens (tertiary/aromatic N) is 2. The summed E-state index contributed by atoms with van der Waals surface area (Å²) in [5.74, 6) is -3.79. The summed E-state index contributed by atoms with van der Waals surface area (Å²) in [6, 6.07) is -1.98. The van der Waals surface area contributed by atoms with Crippen LogP contribution in [-0.4, -0.2) is 87.5 Å². The van der Waals surface area contributed by atoms with Crippen LogP contribution in [0.1, 0.15) is 72.1 Å². The maximum atomic E-state index is 14.4. The molecule has 0 aromatic rings. The van der Waals surface area contributed by atoms with Crippen LogP contribution in [-0.2, 0) is 23.9 Å². The SMILES string of the molecule is CC(C)(C)OC(=O)N[C@H]1CCCCC/C=C\[C@@H]2C[C@@]2(C(=O)O)NC(=O)[C@@H]2C[C@@H](CC(=O)N3CC4C=CC=C(F)C4C3)CN2C1=O. The Balaban J connectivity index is 1.36. The highest BCUT2D eigenvalue weighted by molar-refractivity contribution is 5.96. The molecule has 2 aliphatic carbocycles. The Hall–Kier alpha value is -3.70. The van der Waals surface area contributed by atoms with Crippen LogP contribution in [0.25, 0.3) is 0 Å². The quantitative estimate of drug-likeness (QED) is 0.405. The molecule has 0 spiro atoms. The summed E-state index contributed by atoms with van der Waals surface area (Å²) in [7, 11) is 0. The summed E-state index contributed by atoms with van der Waals surface area (Å²) in [5, 5.41) is 15.5. The highest BCUT2D eigenvalue weighted by atomic mass is 19.1. The molecule has 12 heteroatoms. The van der Waals surface area contributed by atoms with Crippen molar-refractivity contribution < 1.29 is 38.2 Å². The predicted octanol–water partition coefficient (Wildman–Crippen LogP) is 3.46. The molecule has 1 saturated carbocycles. The number of amides is 4. The van der Waals surface area contributed by atoms with Gasteiger partial charge in [-0.15, -0.1) is 0 Å². The molecule has 3 heterocycles. The number of rotatable bonds is 4. The molecule has 2 unspecified atom stereocenters. The molecule has 5 rings (SSSR count). The third-order valence-corrected chi connectivity index (χ3v) is 9.59. The highest BCUT2D eigenvalue weighted by Crippen LogP contribution is 2.45. The van der Waals surface area contributed by atoms with E-state index < -0.39 is 47.1 Å². The van der Waals surface area contributed by atoms with Gasteiger partial charge >= 0.3 is 12.1 Å². The molecule has 3 fully saturated rings. The van der Waals surface area contributed by atoms with Gasteiger partial charge in [0.1, 0.15) is 29.1 Å². The number of halogens is 1. The first kappa shape index (κ1) is 32.7. The first-order valence-corrected chi connectivity index (χ1v) is 16.1. The first-order valence-electron chi connectivity index (χ1n) is 16.1. The van der Waals surface area contributed by atoms with E-state index in [0.29, 0.717) is 19.4 Å². The topological polar surface area (TPSA) is 145 Å². The molecule has 246 valence electrons. The zero-order chi connectivity index (χ0) is 32.5. The number of alkyl carbamates (subject to hydrolysis) is 1. The van der Waals surface area contributed by atoms with Crippen molar-refractivity contribution >= 4 is 29.8 Å². The molecule has 0 aromatic carbocycles. The fourth-order valence-corrected chi connectivity index (χ4v) is 7.09. The molecule has 0 bridgehead atoms. The lowest BCUT2D eigenvalue weighted by Crippen LogP contribution is -2.56. The summed E-state index contributed by atoms with van der Waals surface area (Å²) < 4.78 is 19.8. The minimum Gasteiger partial charge on any atom is -0.479 e. The van der Waals surface area contributed by atoms with Gasteiger partial charge in [0.2, 0.25) is 17.7 Å². The van der Waals surface area contributed by atoms with Gasteiger partial charge in [0.15, 0.2) is 0 Å². The fraction of sp³-hybridized carbons (Fsp3) is 0.667. The highest BCUT2D eigenvalue weighted by Gasteiger charge is 2.61. The van der Waals surface area contributed by atoms with E-state index in [-0.39, 0.29) is 67.8 Å². The van der Waals surface area contributed by atoms with Crippen molar-refractivity contribution in [2.75, 3.05) is 19.6 Å². The second kappa shape index (κ2) is 13.0. The number of ether oxygens (including phenoxy) is 1. The molecule has 3 N–H and O–H groups in total. The van der Waals surface area contributed by atoms with Crippen molar-refractivity contribution in [1.29, 1.82) is 0 Å². The molecule has 4 amide bonds. The van der Waals surface area contributed by atoms with E-state index in [9.17, 15) is 33.5 Å². The number of fused-ring (bicyclic) bond motifs is 3. The van der Waals surface area contributed by atoms with Crippen molar-refractivity contribution in [2.45, 2.75) is 95.4 Å². The number of aliphatic carboxylic acids is 1. The molecule has 45 heavy (non-hydrogen) atoms. The number of allylic oxidation sites excluding steroid dienone is 3. The van der Waals surface area contributed by atoms with E-state index in [4.69, 9.17) is 4.74 Å². The summed E-state index contributed by atoms with van der Waals surface area (Å²) >= 11 is 0. The van der Waals surface area contributed by atoms with Gasteiger partial charge in [-0.2, -0.15) is 0 Å². The average Bonchev–Trinajstić information content (AvgIpc) is 3.27. The Morgan fingerprint density at radius 2 is 1.91 bits per heavy atom. The lowest BCUT2D eigenvalue weighted by atomic mass is 9.91. The molecule has 5 aliphatic rings. The Kier molecular flexibility index (Phi) is 9.41. The molecule has 0 radical (unpaired) electrons. The van der Waals surface area contributed by atoms with E-state index >= 15 is 0 Å². The van der Waals surface area contributed by atoms with Gasteiger partial charge in [0, 0.05) is 43.8 Å². The second-order valence-corrected chi connectivity index (χ2v) is 14.2. The van der Waals surface area contributed by atoms with Crippen molar-refractivity contribution in [3.63, 3.8) is 0 Å². The van der Waals surface area contributed by atoms with Gasteiger partial charge in [-0.25, -0.2) is 14.0 Å². The number of carboxylic acid groups (broad SMARTS) is 1. The minimum atomic E-state index is -1.44. The molecule has 0 aromatic heterocycles. The van der Waals surface area contributed by atoms with Gasteiger partial charge in [-0.1, -0.05) is 37.1 Å². The van der Waals surface area contributed by atoms with Gasteiger partial charge in [0.25, 0.3) is 0 Å². The molecule has 2 saturated heterocycles. The van der Waals surface area contributed by atoms with Crippen LogP contribution < -0.4 is 10.6 Å². The van der Waals surface area contributed by atoms with Gasteiger partial charge in [-0.05, 0) is 64.9 Å². The smallest absolute Gasteiger partial charge is 0.408 e.